The second-order valence-corrected chi connectivity index (χ2v) is 6.87. The molecule has 0 bridgehead atoms. The molecule has 0 heterocycles. The lowest BCUT2D eigenvalue weighted by Gasteiger charge is -2.10. The highest BCUT2D eigenvalue weighted by molar-refractivity contribution is 7.90. The number of nitrogens with two attached hydrogens (primary N) is 1. The molecule has 0 aliphatic rings. The van der Waals surface area contributed by atoms with Crippen molar-refractivity contribution in [3.05, 3.63) is 58.4 Å². The molecule has 0 spiro atoms. The number of hydrogen-bond donors (Lipinski definition) is 1. The summed E-state index contributed by atoms with van der Waals surface area (Å²) in [5.74, 6) is -1.17. The maximum Gasteiger partial charge on any atom is 0.184 e. The van der Waals surface area contributed by atoms with Gasteiger partial charge in [-0.25, -0.2) is 12.8 Å². The van der Waals surface area contributed by atoms with Crippen molar-refractivity contribution in [2.45, 2.75) is 17.6 Å². The largest absolute Gasteiger partial charge is 0.398 e. The van der Waals surface area contributed by atoms with Crippen LogP contribution in [0.2, 0.25) is 5.02 Å². The van der Waals surface area contributed by atoms with Crippen LogP contribution in [-0.4, -0.2) is 8.42 Å². The summed E-state index contributed by atoms with van der Waals surface area (Å²) in [6.07, 6.45) is 0. The number of rotatable bonds is 3. The fourth-order valence-electron chi connectivity index (χ4n) is 1.85. The molecule has 0 unspecified atom stereocenters. The van der Waals surface area contributed by atoms with Crippen LogP contribution in [0.25, 0.3) is 0 Å². The second-order valence-electron chi connectivity index (χ2n) is 4.50. The molecule has 3 nitrogen and oxygen atoms in total. The van der Waals surface area contributed by atoms with E-state index in [1.54, 1.807) is 13.0 Å². The van der Waals surface area contributed by atoms with Crippen LogP contribution in [0.5, 0.6) is 0 Å². The highest BCUT2D eigenvalue weighted by Gasteiger charge is 2.22. The molecule has 0 amide bonds. The summed E-state index contributed by atoms with van der Waals surface area (Å²) in [5.41, 5.74) is 6.56. The summed E-state index contributed by atoms with van der Waals surface area (Å²) in [6.45, 7) is 1.76. The van der Waals surface area contributed by atoms with Crippen molar-refractivity contribution in [2.24, 2.45) is 0 Å². The van der Waals surface area contributed by atoms with Gasteiger partial charge in [-0.05, 0) is 36.8 Å². The van der Waals surface area contributed by atoms with Crippen LogP contribution in [-0.2, 0) is 15.6 Å². The number of aryl methyl sites for hydroxylation is 1. The molecule has 0 aliphatic heterocycles. The van der Waals surface area contributed by atoms with Crippen LogP contribution in [0, 0.1) is 12.7 Å². The van der Waals surface area contributed by atoms with Gasteiger partial charge in [-0.2, -0.15) is 0 Å². The van der Waals surface area contributed by atoms with E-state index in [2.05, 4.69) is 0 Å². The van der Waals surface area contributed by atoms with E-state index in [1.165, 1.54) is 30.3 Å². The minimum atomic E-state index is -3.76. The maximum absolute atomic E-state index is 13.7. The van der Waals surface area contributed by atoms with Crippen LogP contribution < -0.4 is 5.73 Å². The summed E-state index contributed by atoms with van der Waals surface area (Å²) in [4.78, 5) is -0.00294. The van der Waals surface area contributed by atoms with Crippen molar-refractivity contribution in [1.29, 1.82) is 0 Å². The van der Waals surface area contributed by atoms with Crippen LogP contribution in [0.4, 0.5) is 10.1 Å². The number of nitrogen functional groups attached to an aromatic ring is 1. The molecular formula is C14H13ClFNO2S. The number of anilines is 1. The van der Waals surface area contributed by atoms with Gasteiger partial charge in [0, 0.05) is 10.6 Å². The van der Waals surface area contributed by atoms with Crippen molar-refractivity contribution in [3.63, 3.8) is 0 Å². The zero-order chi connectivity index (χ0) is 14.9. The maximum atomic E-state index is 13.7. The summed E-state index contributed by atoms with van der Waals surface area (Å²) in [5, 5.41) is 0.0831. The zero-order valence-corrected chi connectivity index (χ0v) is 12.3. The van der Waals surface area contributed by atoms with Crippen LogP contribution in [0.3, 0.4) is 0 Å². The Balaban J connectivity index is 2.49. The predicted molar refractivity (Wildman–Crippen MR) is 77.9 cm³/mol. The second kappa shape index (κ2) is 5.42. The lowest BCUT2D eigenvalue weighted by atomic mass is 10.2. The summed E-state index contributed by atoms with van der Waals surface area (Å²) >= 11 is 5.86. The Bertz CT molecular complexity index is 740. The summed E-state index contributed by atoms with van der Waals surface area (Å²) in [6, 6.07) is 8.76. The molecule has 2 N–H and O–H groups in total. The van der Waals surface area contributed by atoms with Crippen molar-refractivity contribution < 1.29 is 12.8 Å². The molecule has 0 fully saturated rings. The molecule has 0 aromatic heterocycles. The highest BCUT2D eigenvalue weighted by atomic mass is 35.5. The molecule has 0 aliphatic carbocycles. The summed E-state index contributed by atoms with van der Waals surface area (Å²) < 4.78 is 38.4. The Morgan fingerprint density at radius 1 is 1.25 bits per heavy atom. The van der Waals surface area contributed by atoms with Gasteiger partial charge in [0.25, 0.3) is 0 Å². The Labute approximate surface area is 122 Å². The van der Waals surface area contributed by atoms with Gasteiger partial charge in [-0.15, -0.1) is 0 Å². The fourth-order valence-corrected chi connectivity index (χ4v) is 3.78. The Kier molecular flexibility index (Phi) is 4.01. The van der Waals surface area contributed by atoms with Crippen LogP contribution >= 0.6 is 11.6 Å². The first-order valence-electron chi connectivity index (χ1n) is 5.83. The normalized spacial score (nSPS) is 11.6. The minimum Gasteiger partial charge on any atom is -0.398 e. The third-order valence-electron chi connectivity index (χ3n) is 2.90. The highest BCUT2D eigenvalue weighted by Crippen LogP contribution is 2.27. The average Bonchev–Trinajstić information content (AvgIpc) is 2.37. The van der Waals surface area contributed by atoms with Gasteiger partial charge in [0.05, 0.1) is 16.3 Å². The van der Waals surface area contributed by atoms with E-state index in [9.17, 15) is 12.8 Å². The number of hydrogen-bond acceptors (Lipinski definition) is 3. The van der Waals surface area contributed by atoms with Gasteiger partial charge in [0.1, 0.15) is 5.82 Å². The molecule has 2 rings (SSSR count). The quantitative estimate of drug-likeness (QED) is 0.884. The molecule has 2 aromatic rings. The molecule has 0 atom stereocenters. The van der Waals surface area contributed by atoms with Crippen molar-refractivity contribution >= 4 is 27.1 Å². The number of halogens is 2. The predicted octanol–water partition coefficient (Wildman–Crippen LogP) is 3.34. The minimum absolute atomic E-state index is 0.00294. The van der Waals surface area contributed by atoms with Gasteiger partial charge in [-0.3, -0.25) is 0 Å². The monoisotopic (exact) mass is 313 g/mol. The fraction of sp³-hybridized carbons (Fsp3) is 0.143. The van der Waals surface area contributed by atoms with E-state index in [-0.39, 0.29) is 21.2 Å². The molecule has 106 valence electrons. The average molecular weight is 314 g/mol. The van der Waals surface area contributed by atoms with Crippen LogP contribution in [0.1, 0.15) is 11.1 Å². The van der Waals surface area contributed by atoms with E-state index >= 15 is 0 Å². The van der Waals surface area contributed by atoms with Gasteiger partial charge in [-0.1, -0.05) is 23.7 Å². The Morgan fingerprint density at radius 2 is 1.95 bits per heavy atom. The first kappa shape index (κ1) is 14.8. The third-order valence-corrected chi connectivity index (χ3v) is 4.95. The molecule has 0 saturated carbocycles. The van der Waals surface area contributed by atoms with E-state index in [0.717, 1.165) is 5.56 Å². The van der Waals surface area contributed by atoms with E-state index in [0.29, 0.717) is 0 Å². The van der Waals surface area contributed by atoms with Crippen LogP contribution in [0.15, 0.2) is 41.3 Å². The van der Waals surface area contributed by atoms with E-state index in [1.807, 2.05) is 0 Å². The standard InChI is InChI=1S/C14H13ClFNO2S/c1-9-5-6-13(17)14(7-9)20(18,19)8-10-11(15)3-2-4-12(10)16/h2-7H,8,17H2,1H3. The van der Waals surface area contributed by atoms with Gasteiger partial charge in [0.2, 0.25) is 0 Å². The lowest BCUT2D eigenvalue weighted by Crippen LogP contribution is -2.10. The summed E-state index contributed by atoms with van der Waals surface area (Å²) in [7, 11) is -3.76. The van der Waals surface area contributed by atoms with Crippen molar-refractivity contribution in [2.75, 3.05) is 5.73 Å². The smallest absolute Gasteiger partial charge is 0.184 e. The SMILES string of the molecule is Cc1ccc(N)c(S(=O)(=O)Cc2c(F)cccc2Cl)c1. The molecule has 0 radical (unpaired) electrons. The number of sulfone groups is 1. The van der Waals surface area contributed by atoms with Gasteiger partial charge in [0.15, 0.2) is 9.84 Å². The lowest BCUT2D eigenvalue weighted by molar-refractivity contribution is 0.587. The van der Waals surface area contributed by atoms with Gasteiger partial charge < -0.3 is 5.73 Å². The van der Waals surface area contributed by atoms with E-state index in [4.69, 9.17) is 17.3 Å². The Morgan fingerprint density at radius 3 is 2.60 bits per heavy atom. The molecule has 0 saturated heterocycles. The van der Waals surface area contributed by atoms with E-state index < -0.39 is 21.4 Å². The number of benzene rings is 2. The zero-order valence-electron chi connectivity index (χ0n) is 10.7. The van der Waals surface area contributed by atoms with Crippen molar-refractivity contribution in [1.82, 2.24) is 0 Å². The third kappa shape index (κ3) is 2.94. The Hall–Kier alpha value is -1.59. The molecular weight excluding hydrogens is 301 g/mol. The first-order valence-corrected chi connectivity index (χ1v) is 7.86. The topological polar surface area (TPSA) is 60.2 Å². The molecule has 2 aromatic carbocycles. The van der Waals surface area contributed by atoms with Crippen molar-refractivity contribution in [3.8, 4) is 0 Å². The molecule has 20 heavy (non-hydrogen) atoms. The molecule has 6 heteroatoms. The first-order chi connectivity index (χ1) is 9.31. The van der Waals surface area contributed by atoms with Gasteiger partial charge >= 0.3 is 0 Å².